The third-order valence-corrected chi connectivity index (χ3v) is 6.96. The van der Waals surface area contributed by atoms with Gasteiger partial charge in [0.25, 0.3) is 0 Å². The fourth-order valence-electron chi connectivity index (χ4n) is 4.99. The first-order valence-corrected chi connectivity index (χ1v) is 13.0. The van der Waals surface area contributed by atoms with Gasteiger partial charge in [0.15, 0.2) is 5.58 Å². The van der Waals surface area contributed by atoms with Crippen molar-refractivity contribution in [2.24, 2.45) is 0 Å². The monoisotopic (exact) mass is 584 g/mol. The molecule has 0 radical (unpaired) electrons. The molecule has 6 aromatic carbocycles. The standard InChI is InChI=1S/C40H24N2O2/c1-2-9-25(10-3-1)26-11-6-12-27(21-26)28-19-20-36-34(23-28)38-40(44-36)37(41-24-42-38)30-14-7-13-29(22-30)31-16-8-17-33-32-15-4-5-18-35(32)43-39(31)33/h1-24H/i1D,2D,3D,4D,5D,6D,7D,8D,9D,10D,11D,12D,13D,14D,15D,16D,17D,18D,21D,22D. The van der Waals surface area contributed by atoms with Crippen molar-refractivity contribution >= 4 is 44.0 Å². The van der Waals surface area contributed by atoms with Gasteiger partial charge in [0.05, 0.1) is 27.4 Å². The van der Waals surface area contributed by atoms with Crippen molar-refractivity contribution in [2.75, 3.05) is 0 Å². The highest BCUT2D eigenvalue weighted by Crippen LogP contribution is 2.39. The minimum absolute atomic E-state index is 0.0481. The Morgan fingerprint density at radius 2 is 1.16 bits per heavy atom. The van der Waals surface area contributed by atoms with Crippen LogP contribution in [0.4, 0.5) is 0 Å². The summed E-state index contributed by atoms with van der Waals surface area (Å²) in [6.07, 6.45) is 1.06. The fourth-order valence-corrected chi connectivity index (χ4v) is 4.99. The van der Waals surface area contributed by atoms with Gasteiger partial charge in [0.2, 0.25) is 0 Å². The van der Waals surface area contributed by atoms with E-state index in [4.69, 9.17) is 34.9 Å². The normalized spacial score (nSPS) is 18.0. The highest BCUT2D eigenvalue weighted by atomic mass is 16.3. The van der Waals surface area contributed by atoms with Crippen LogP contribution < -0.4 is 0 Å². The average Bonchev–Trinajstić information content (AvgIpc) is 3.86. The number of para-hydroxylation sites is 2. The van der Waals surface area contributed by atoms with E-state index < -0.39 is 160 Å². The second kappa shape index (κ2) is 9.79. The van der Waals surface area contributed by atoms with Crippen LogP contribution in [0.15, 0.2) is 154 Å². The molecular formula is C40H24N2O2. The Morgan fingerprint density at radius 1 is 0.477 bits per heavy atom. The lowest BCUT2D eigenvalue weighted by Crippen LogP contribution is -1.88. The number of nitrogens with zero attached hydrogens (tertiary/aromatic N) is 2. The summed E-state index contributed by atoms with van der Waals surface area (Å²) in [5, 5.41) is -0.347. The lowest BCUT2D eigenvalue weighted by atomic mass is 9.98. The number of benzene rings is 6. The summed E-state index contributed by atoms with van der Waals surface area (Å²) in [6, 6.07) is -9.29. The van der Waals surface area contributed by atoms with Gasteiger partial charge in [0.1, 0.15) is 34.3 Å². The van der Waals surface area contributed by atoms with E-state index >= 15 is 0 Å². The summed E-state index contributed by atoms with van der Waals surface area (Å²) in [5.74, 6) is 0. The summed E-state index contributed by atoms with van der Waals surface area (Å²) in [5.41, 5.74) is -3.49. The van der Waals surface area contributed by atoms with E-state index in [1.165, 1.54) is 18.2 Å². The molecule has 0 atom stereocenters. The topological polar surface area (TPSA) is 52.1 Å². The van der Waals surface area contributed by atoms with E-state index in [0.717, 1.165) is 6.33 Å². The first kappa shape index (κ1) is 11.9. The van der Waals surface area contributed by atoms with Crippen LogP contribution in [0.5, 0.6) is 0 Å². The van der Waals surface area contributed by atoms with Gasteiger partial charge in [-0.15, -0.1) is 0 Å². The number of aromatic nitrogens is 2. The van der Waals surface area contributed by atoms with Crippen molar-refractivity contribution in [3.63, 3.8) is 0 Å². The number of rotatable bonds is 4. The molecule has 0 fully saturated rings. The second-order valence-corrected chi connectivity index (χ2v) is 9.47. The maximum absolute atomic E-state index is 9.46. The van der Waals surface area contributed by atoms with Crippen LogP contribution in [0.2, 0.25) is 0 Å². The summed E-state index contributed by atoms with van der Waals surface area (Å²) in [6.45, 7) is 0. The molecule has 0 aliphatic rings. The molecule has 0 aliphatic carbocycles. The third-order valence-electron chi connectivity index (χ3n) is 6.96. The van der Waals surface area contributed by atoms with E-state index in [2.05, 4.69) is 9.97 Å². The minimum atomic E-state index is -0.759. The predicted molar refractivity (Wildman–Crippen MR) is 178 cm³/mol. The Balaban J connectivity index is 1.29. The van der Waals surface area contributed by atoms with Crippen LogP contribution in [0.1, 0.15) is 27.4 Å². The lowest BCUT2D eigenvalue weighted by Gasteiger charge is -2.07. The van der Waals surface area contributed by atoms with Crippen LogP contribution in [0.3, 0.4) is 0 Å². The van der Waals surface area contributed by atoms with E-state index in [-0.39, 0.29) is 49.7 Å². The second-order valence-electron chi connectivity index (χ2n) is 9.47. The van der Waals surface area contributed by atoms with Gasteiger partial charge in [0, 0.05) is 27.3 Å². The maximum Gasteiger partial charge on any atom is 0.180 e. The zero-order valence-corrected chi connectivity index (χ0v) is 22.0. The predicted octanol–water partition coefficient (Wildman–Crippen LogP) is 10.9. The number of hydrogen-bond acceptors (Lipinski definition) is 4. The van der Waals surface area contributed by atoms with Gasteiger partial charge in [-0.05, 0) is 58.1 Å². The molecule has 0 aliphatic heterocycles. The molecule has 0 bridgehead atoms. The molecule has 4 nitrogen and oxygen atoms in total. The zero-order valence-electron chi connectivity index (χ0n) is 42.0. The van der Waals surface area contributed by atoms with Crippen molar-refractivity contribution in [1.82, 2.24) is 9.97 Å². The molecule has 0 spiro atoms. The van der Waals surface area contributed by atoms with Crippen molar-refractivity contribution < 1.29 is 36.2 Å². The maximum atomic E-state index is 9.46. The van der Waals surface area contributed by atoms with Gasteiger partial charge in [-0.1, -0.05) is 109 Å². The minimum Gasteiger partial charge on any atom is -0.455 e. The smallest absolute Gasteiger partial charge is 0.180 e. The quantitative estimate of drug-likeness (QED) is 0.206. The molecule has 0 unspecified atom stereocenters. The molecule has 9 aromatic rings. The van der Waals surface area contributed by atoms with Crippen LogP contribution in [-0.2, 0) is 0 Å². The van der Waals surface area contributed by atoms with E-state index in [1.54, 1.807) is 0 Å². The lowest BCUT2D eigenvalue weighted by molar-refractivity contribution is 0.667. The van der Waals surface area contributed by atoms with Crippen LogP contribution in [-0.4, -0.2) is 9.97 Å². The molecule has 0 N–H and O–H groups in total. The highest BCUT2D eigenvalue weighted by Gasteiger charge is 2.17. The Bertz CT molecular complexity index is 3610. The number of fused-ring (bicyclic) bond motifs is 6. The Kier molecular flexibility index (Phi) is 2.66. The molecule has 44 heavy (non-hydrogen) atoms. The zero-order chi connectivity index (χ0) is 46.4. The molecule has 0 saturated heterocycles. The Morgan fingerprint density at radius 3 is 2.07 bits per heavy atom. The van der Waals surface area contributed by atoms with Gasteiger partial charge < -0.3 is 8.83 Å². The van der Waals surface area contributed by atoms with E-state index in [0.29, 0.717) is 0 Å². The van der Waals surface area contributed by atoms with Crippen molar-refractivity contribution in [1.29, 1.82) is 0 Å². The van der Waals surface area contributed by atoms with E-state index in [1.807, 2.05) is 0 Å². The molecule has 0 saturated carbocycles. The van der Waals surface area contributed by atoms with Crippen LogP contribution in [0.25, 0.3) is 88.6 Å². The fraction of sp³-hybridized carbons (Fsp3) is 0. The molecule has 4 heteroatoms. The number of hydrogen-bond donors (Lipinski definition) is 0. The van der Waals surface area contributed by atoms with Crippen LogP contribution >= 0.6 is 0 Å². The van der Waals surface area contributed by atoms with Gasteiger partial charge in [-0.2, -0.15) is 0 Å². The van der Waals surface area contributed by atoms with Gasteiger partial charge in [-0.3, -0.25) is 0 Å². The molecule has 3 aromatic heterocycles. The molecule has 206 valence electrons. The Labute approximate surface area is 281 Å². The molecule has 9 rings (SSSR count). The number of furan rings is 2. The molecule has 0 amide bonds. The average molecular weight is 585 g/mol. The molecular weight excluding hydrogens is 540 g/mol. The van der Waals surface area contributed by atoms with E-state index in [9.17, 15) is 1.37 Å². The van der Waals surface area contributed by atoms with Gasteiger partial charge in [-0.25, -0.2) is 9.97 Å². The van der Waals surface area contributed by atoms with Crippen molar-refractivity contribution in [3.8, 4) is 44.6 Å². The summed E-state index contributed by atoms with van der Waals surface area (Å²) in [7, 11) is 0. The van der Waals surface area contributed by atoms with Gasteiger partial charge >= 0.3 is 0 Å². The first-order valence-electron chi connectivity index (χ1n) is 23.0. The highest BCUT2D eigenvalue weighted by molar-refractivity contribution is 6.10. The third kappa shape index (κ3) is 3.92. The summed E-state index contributed by atoms with van der Waals surface area (Å²) in [4.78, 5) is 8.66. The summed E-state index contributed by atoms with van der Waals surface area (Å²) < 4.78 is 184. The van der Waals surface area contributed by atoms with Crippen LogP contribution in [0, 0.1) is 0 Å². The SMILES string of the molecule is [2H]c1c([2H])c([2H])c(-c2c([2H])c([2H])c([2H])c(-c3ccc4oc5c(-c6c([2H])c([2H])c([2H])c(-c7c([2H])c([2H])c([2H])c8c7oc7c([2H])c([2H])c([2H])c([2H])c78)c6[2H])ncnc5c4c3)c2[2H])c([2H])c1[2H]. The van der Waals surface area contributed by atoms with Crippen molar-refractivity contribution in [2.45, 2.75) is 0 Å². The van der Waals surface area contributed by atoms with Crippen molar-refractivity contribution in [3.05, 3.63) is 145 Å². The summed E-state index contributed by atoms with van der Waals surface area (Å²) >= 11 is 0. The molecule has 3 heterocycles. The Hall–Kier alpha value is -6.00. The first-order chi connectivity index (χ1) is 30.1. The largest absolute Gasteiger partial charge is 0.455 e.